The first-order chi connectivity index (χ1) is 11.1. The van der Waals surface area contributed by atoms with Crippen LogP contribution in [-0.2, 0) is 6.54 Å². The number of nitrogens with zero attached hydrogens (tertiary/aromatic N) is 2. The lowest BCUT2D eigenvalue weighted by Crippen LogP contribution is -2.23. The maximum Gasteiger partial charge on any atom is 0.253 e. The van der Waals surface area contributed by atoms with Crippen LogP contribution < -0.4 is 5.32 Å². The number of hydrogen-bond donors (Lipinski definition) is 1. The van der Waals surface area contributed by atoms with Gasteiger partial charge in [-0.25, -0.2) is 0 Å². The van der Waals surface area contributed by atoms with Crippen LogP contribution in [0, 0.1) is 6.92 Å². The molecule has 0 saturated heterocycles. The number of carbonyl (C=O) groups is 1. The van der Waals surface area contributed by atoms with E-state index in [1.807, 2.05) is 31.2 Å². The Morgan fingerprint density at radius 2 is 1.87 bits per heavy atom. The predicted octanol–water partition coefficient (Wildman–Crippen LogP) is 3.63. The number of nitrogens with one attached hydrogen (secondary N) is 1. The molecule has 0 atom stereocenters. The van der Waals surface area contributed by atoms with E-state index in [4.69, 9.17) is 16.0 Å². The largest absolute Gasteiger partial charge is 0.419 e. The van der Waals surface area contributed by atoms with Gasteiger partial charge in [0.1, 0.15) is 0 Å². The molecule has 5 nitrogen and oxygen atoms in total. The van der Waals surface area contributed by atoms with Crippen LogP contribution in [0.25, 0.3) is 11.5 Å². The number of aromatic nitrogens is 2. The normalized spacial score (nSPS) is 10.5. The van der Waals surface area contributed by atoms with E-state index in [1.165, 1.54) is 0 Å². The van der Waals surface area contributed by atoms with Gasteiger partial charge in [0, 0.05) is 5.56 Å². The molecule has 2 aromatic carbocycles. The maximum atomic E-state index is 12.1. The molecular weight excluding hydrogens is 314 g/mol. The van der Waals surface area contributed by atoms with E-state index < -0.39 is 0 Å². The van der Waals surface area contributed by atoms with Crippen LogP contribution in [0.2, 0.25) is 5.02 Å². The topological polar surface area (TPSA) is 68.0 Å². The molecule has 0 radical (unpaired) electrons. The number of amides is 1. The summed E-state index contributed by atoms with van der Waals surface area (Å²) in [5, 5.41) is 11.1. The quantitative estimate of drug-likeness (QED) is 0.794. The third kappa shape index (κ3) is 3.40. The Morgan fingerprint density at radius 3 is 2.65 bits per heavy atom. The molecule has 1 aromatic heterocycles. The second kappa shape index (κ2) is 6.62. The van der Waals surface area contributed by atoms with E-state index in [0.29, 0.717) is 22.4 Å². The van der Waals surface area contributed by atoms with Crippen molar-refractivity contribution >= 4 is 17.5 Å². The minimum atomic E-state index is -0.286. The molecule has 0 aliphatic heterocycles. The molecule has 0 aliphatic carbocycles. The highest BCUT2D eigenvalue weighted by atomic mass is 35.5. The third-order valence-electron chi connectivity index (χ3n) is 3.36. The highest BCUT2D eigenvalue weighted by Gasteiger charge is 2.13. The Kier molecular flexibility index (Phi) is 4.39. The Bertz CT molecular complexity index is 845. The van der Waals surface area contributed by atoms with Crippen molar-refractivity contribution in [2.24, 2.45) is 0 Å². The van der Waals surface area contributed by atoms with Gasteiger partial charge >= 0.3 is 0 Å². The molecular formula is C17H14ClN3O2. The molecule has 1 amide bonds. The first kappa shape index (κ1) is 15.2. The maximum absolute atomic E-state index is 12.1. The van der Waals surface area contributed by atoms with Crippen LogP contribution in [0.4, 0.5) is 0 Å². The summed E-state index contributed by atoms with van der Waals surface area (Å²) in [6, 6.07) is 14.6. The average Bonchev–Trinajstić information content (AvgIpc) is 3.02. The number of carbonyl (C=O) groups excluding carboxylic acids is 1. The van der Waals surface area contributed by atoms with E-state index in [1.54, 1.807) is 24.3 Å². The van der Waals surface area contributed by atoms with Gasteiger partial charge in [-0.1, -0.05) is 41.9 Å². The molecule has 0 fully saturated rings. The van der Waals surface area contributed by atoms with Crippen molar-refractivity contribution in [1.29, 1.82) is 0 Å². The number of hydrogen-bond acceptors (Lipinski definition) is 4. The summed E-state index contributed by atoms with van der Waals surface area (Å²) in [5.74, 6) is 0.486. The van der Waals surface area contributed by atoms with Gasteiger partial charge in [-0.05, 0) is 30.7 Å². The monoisotopic (exact) mass is 327 g/mol. The SMILES string of the molecule is Cc1ccccc1-c1nnc(CNC(=O)c2ccccc2Cl)o1. The van der Waals surface area contributed by atoms with Crippen molar-refractivity contribution < 1.29 is 9.21 Å². The van der Waals surface area contributed by atoms with Crippen molar-refractivity contribution in [1.82, 2.24) is 15.5 Å². The third-order valence-corrected chi connectivity index (χ3v) is 3.69. The van der Waals surface area contributed by atoms with Crippen molar-refractivity contribution in [3.05, 3.63) is 70.6 Å². The fourth-order valence-corrected chi connectivity index (χ4v) is 2.36. The highest BCUT2D eigenvalue weighted by molar-refractivity contribution is 6.33. The summed E-state index contributed by atoms with van der Waals surface area (Å²) in [6.07, 6.45) is 0. The van der Waals surface area contributed by atoms with Crippen LogP contribution in [0.15, 0.2) is 52.9 Å². The molecule has 0 aliphatic rings. The molecule has 3 rings (SSSR count). The zero-order chi connectivity index (χ0) is 16.2. The molecule has 0 saturated carbocycles. The van der Waals surface area contributed by atoms with Crippen LogP contribution in [-0.4, -0.2) is 16.1 Å². The van der Waals surface area contributed by atoms with Gasteiger partial charge in [-0.15, -0.1) is 10.2 Å². The van der Waals surface area contributed by atoms with Gasteiger partial charge in [0.05, 0.1) is 17.1 Å². The minimum Gasteiger partial charge on any atom is -0.419 e. The standard InChI is InChI=1S/C17H14ClN3O2/c1-11-6-2-3-7-12(11)17-21-20-15(23-17)10-19-16(22)13-8-4-5-9-14(13)18/h2-9H,10H2,1H3,(H,19,22). The van der Waals surface area contributed by atoms with Crippen LogP contribution >= 0.6 is 11.6 Å². The number of rotatable bonds is 4. The number of aryl methyl sites for hydroxylation is 1. The van der Waals surface area contributed by atoms with Crippen LogP contribution in [0.5, 0.6) is 0 Å². The van der Waals surface area contributed by atoms with Gasteiger partial charge in [0.25, 0.3) is 5.91 Å². The Labute approximate surface area is 138 Å². The van der Waals surface area contributed by atoms with Gasteiger partial charge in [0.2, 0.25) is 11.8 Å². The molecule has 23 heavy (non-hydrogen) atoms. The van der Waals surface area contributed by atoms with Gasteiger partial charge in [-0.2, -0.15) is 0 Å². The lowest BCUT2D eigenvalue weighted by atomic mass is 10.1. The first-order valence-corrected chi connectivity index (χ1v) is 7.44. The fraction of sp³-hybridized carbons (Fsp3) is 0.118. The zero-order valence-corrected chi connectivity index (χ0v) is 13.2. The fourth-order valence-electron chi connectivity index (χ4n) is 2.14. The average molecular weight is 328 g/mol. The Morgan fingerprint density at radius 1 is 1.13 bits per heavy atom. The van der Waals surface area contributed by atoms with Gasteiger partial charge in [0.15, 0.2) is 0 Å². The van der Waals surface area contributed by atoms with Gasteiger partial charge < -0.3 is 9.73 Å². The second-order valence-electron chi connectivity index (χ2n) is 4.98. The van der Waals surface area contributed by atoms with E-state index in [-0.39, 0.29) is 12.5 Å². The molecule has 1 heterocycles. The highest BCUT2D eigenvalue weighted by Crippen LogP contribution is 2.21. The Hall–Kier alpha value is -2.66. The number of benzene rings is 2. The van der Waals surface area contributed by atoms with Gasteiger partial charge in [-0.3, -0.25) is 4.79 Å². The van der Waals surface area contributed by atoms with E-state index >= 15 is 0 Å². The van der Waals surface area contributed by atoms with Crippen molar-refractivity contribution in [3.8, 4) is 11.5 Å². The van der Waals surface area contributed by atoms with Crippen molar-refractivity contribution in [3.63, 3.8) is 0 Å². The summed E-state index contributed by atoms with van der Waals surface area (Å²) in [6.45, 7) is 2.11. The van der Waals surface area contributed by atoms with Crippen LogP contribution in [0.3, 0.4) is 0 Å². The zero-order valence-electron chi connectivity index (χ0n) is 12.4. The minimum absolute atomic E-state index is 0.142. The van der Waals surface area contributed by atoms with Crippen molar-refractivity contribution in [2.75, 3.05) is 0 Å². The molecule has 3 aromatic rings. The molecule has 0 bridgehead atoms. The van der Waals surface area contributed by atoms with E-state index in [9.17, 15) is 4.79 Å². The van der Waals surface area contributed by atoms with E-state index in [0.717, 1.165) is 11.1 Å². The molecule has 1 N–H and O–H groups in total. The summed E-state index contributed by atoms with van der Waals surface area (Å²) in [5.41, 5.74) is 2.33. The van der Waals surface area contributed by atoms with Crippen LogP contribution in [0.1, 0.15) is 21.8 Å². The number of halogens is 1. The molecule has 0 unspecified atom stereocenters. The molecule has 0 spiro atoms. The Balaban J connectivity index is 1.70. The summed E-state index contributed by atoms with van der Waals surface area (Å²) in [7, 11) is 0. The lowest BCUT2D eigenvalue weighted by Gasteiger charge is -2.04. The lowest BCUT2D eigenvalue weighted by molar-refractivity contribution is 0.0947. The first-order valence-electron chi connectivity index (χ1n) is 7.06. The van der Waals surface area contributed by atoms with E-state index in [2.05, 4.69) is 15.5 Å². The van der Waals surface area contributed by atoms with Crippen molar-refractivity contribution in [2.45, 2.75) is 13.5 Å². The second-order valence-corrected chi connectivity index (χ2v) is 5.39. The molecule has 6 heteroatoms. The molecule has 116 valence electrons. The summed E-state index contributed by atoms with van der Waals surface area (Å²) >= 11 is 5.99. The predicted molar refractivity (Wildman–Crippen MR) is 87.1 cm³/mol. The smallest absolute Gasteiger partial charge is 0.253 e. The summed E-state index contributed by atoms with van der Waals surface area (Å²) < 4.78 is 5.60. The summed E-state index contributed by atoms with van der Waals surface area (Å²) in [4.78, 5) is 12.1.